The third-order valence-electron chi connectivity index (χ3n) is 6.44. The number of rotatable bonds is 6. The van der Waals surface area contributed by atoms with Crippen LogP contribution in [0.15, 0.2) is 103 Å². The summed E-state index contributed by atoms with van der Waals surface area (Å²) in [4.78, 5) is 28.1. The molecule has 190 valence electrons. The lowest BCUT2D eigenvalue weighted by Crippen LogP contribution is -2.29. The van der Waals surface area contributed by atoms with Crippen LogP contribution in [0, 0.1) is 6.92 Å². The van der Waals surface area contributed by atoms with Crippen molar-refractivity contribution in [2.45, 2.75) is 13.0 Å². The van der Waals surface area contributed by atoms with Gasteiger partial charge in [0.05, 0.1) is 18.7 Å². The molecule has 1 atom stereocenters. The summed E-state index contributed by atoms with van der Waals surface area (Å²) in [6.45, 7) is 1.79. The van der Waals surface area contributed by atoms with Crippen molar-refractivity contribution < 1.29 is 29.3 Å². The normalized spacial score (nSPS) is 16.5. The van der Waals surface area contributed by atoms with E-state index in [0.29, 0.717) is 39.6 Å². The van der Waals surface area contributed by atoms with E-state index >= 15 is 0 Å². The molecule has 1 amide bonds. The highest BCUT2D eigenvalue weighted by Crippen LogP contribution is 2.43. The van der Waals surface area contributed by atoms with Crippen molar-refractivity contribution in [2.75, 3.05) is 12.0 Å². The highest BCUT2D eigenvalue weighted by Gasteiger charge is 2.47. The molecular weight excluding hydrogens is 482 g/mol. The van der Waals surface area contributed by atoms with Crippen LogP contribution >= 0.6 is 0 Å². The summed E-state index contributed by atoms with van der Waals surface area (Å²) >= 11 is 0. The van der Waals surface area contributed by atoms with Crippen molar-refractivity contribution in [3.8, 4) is 23.0 Å². The Kier molecular flexibility index (Phi) is 6.58. The number of aliphatic hydroxyl groups excluding tert-OH is 1. The second-order valence-corrected chi connectivity index (χ2v) is 8.85. The number of ether oxygens (including phenoxy) is 2. The van der Waals surface area contributed by atoms with E-state index in [2.05, 4.69) is 0 Å². The first-order valence-electron chi connectivity index (χ1n) is 12.0. The number of Topliss-reactive ketones (excluding diaryl/α,β-unsaturated/α-hetero) is 1. The Balaban J connectivity index is 1.60. The monoisotopic (exact) mass is 507 g/mol. The fourth-order valence-electron chi connectivity index (χ4n) is 4.54. The molecule has 1 saturated heterocycles. The van der Waals surface area contributed by atoms with E-state index in [9.17, 15) is 19.8 Å². The molecule has 4 aromatic rings. The Hall–Kier alpha value is -5.04. The summed E-state index contributed by atoms with van der Waals surface area (Å²) in [7, 11) is 1.54. The number of aryl methyl sites for hydroxylation is 1. The number of phenols is 1. The summed E-state index contributed by atoms with van der Waals surface area (Å²) in [5.41, 5.74) is 2.06. The molecule has 0 spiro atoms. The first kappa shape index (κ1) is 24.6. The number of benzene rings is 4. The molecule has 7 heteroatoms. The van der Waals surface area contributed by atoms with Gasteiger partial charge >= 0.3 is 0 Å². The molecule has 0 saturated carbocycles. The number of anilines is 1. The van der Waals surface area contributed by atoms with Gasteiger partial charge in [0, 0.05) is 11.3 Å². The molecule has 0 aliphatic carbocycles. The smallest absolute Gasteiger partial charge is 0.300 e. The molecule has 4 aromatic carbocycles. The van der Waals surface area contributed by atoms with Gasteiger partial charge in [0.15, 0.2) is 0 Å². The van der Waals surface area contributed by atoms with E-state index in [-0.39, 0.29) is 17.1 Å². The van der Waals surface area contributed by atoms with Crippen LogP contribution in [0.1, 0.15) is 22.7 Å². The number of nitrogens with zero attached hydrogens (tertiary/aromatic N) is 1. The van der Waals surface area contributed by atoms with Crippen LogP contribution in [0.2, 0.25) is 0 Å². The third kappa shape index (κ3) is 4.57. The molecule has 1 aliphatic heterocycles. The quantitative estimate of drug-likeness (QED) is 0.185. The van der Waals surface area contributed by atoms with Gasteiger partial charge in [0.25, 0.3) is 11.7 Å². The fourth-order valence-corrected chi connectivity index (χ4v) is 4.54. The van der Waals surface area contributed by atoms with Crippen LogP contribution < -0.4 is 14.4 Å². The molecule has 38 heavy (non-hydrogen) atoms. The Morgan fingerprint density at radius 2 is 1.45 bits per heavy atom. The van der Waals surface area contributed by atoms with Crippen LogP contribution in [0.3, 0.4) is 0 Å². The molecule has 1 aliphatic rings. The lowest BCUT2D eigenvalue weighted by Gasteiger charge is -2.25. The Labute approximate surface area is 219 Å². The van der Waals surface area contributed by atoms with Gasteiger partial charge in [-0.25, -0.2) is 0 Å². The van der Waals surface area contributed by atoms with Crippen molar-refractivity contribution in [1.29, 1.82) is 0 Å². The first-order valence-corrected chi connectivity index (χ1v) is 12.0. The third-order valence-corrected chi connectivity index (χ3v) is 6.44. The number of para-hydroxylation sites is 1. The Bertz CT molecular complexity index is 1530. The van der Waals surface area contributed by atoms with Crippen molar-refractivity contribution in [3.05, 3.63) is 119 Å². The highest BCUT2D eigenvalue weighted by molar-refractivity contribution is 6.51. The van der Waals surface area contributed by atoms with Crippen LogP contribution in [0.5, 0.6) is 23.0 Å². The van der Waals surface area contributed by atoms with Crippen molar-refractivity contribution in [2.24, 2.45) is 0 Å². The van der Waals surface area contributed by atoms with Crippen molar-refractivity contribution >= 4 is 23.1 Å². The lowest BCUT2D eigenvalue weighted by atomic mass is 9.93. The first-order chi connectivity index (χ1) is 18.4. The molecule has 0 bridgehead atoms. The minimum atomic E-state index is -0.919. The zero-order valence-electron chi connectivity index (χ0n) is 20.8. The predicted octanol–water partition coefficient (Wildman–Crippen LogP) is 6.13. The Morgan fingerprint density at radius 1 is 0.816 bits per heavy atom. The van der Waals surface area contributed by atoms with E-state index in [1.807, 2.05) is 30.3 Å². The minimum Gasteiger partial charge on any atom is -0.508 e. The summed E-state index contributed by atoms with van der Waals surface area (Å²) in [5.74, 6) is 0.0127. The molecule has 5 rings (SSSR count). The second-order valence-electron chi connectivity index (χ2n) is 8.85. The van der Waals surface area contributed by atoms with Crippen LogP contribution in [0.4, 0.5) is 5.69 Å². The number of methoxy groups -OCH3 is 1. The molecule has 2 N–H and O–H groups in total. The Morgan fingerprint density at radius 3 is 2.08 bits per heavy atom. The van der Waals surface area contributed by atoms with Gasteiger partial charge in [0.2, 0.25) is 0 Å². The van der Waals surface area contributed by atoms with Crippen LogP contribution in [-0.2, 0) is 9.59 Å². The van der Waals surface area contributed by atoms with Gasteiger partial charge < -0.3 is 19.7 Å². The summed E-state index contributed by atoms with van der Waals surface area (Å²) < 4.78 is 11.1. The molecular formula is C31H25NO6. The molecule has 1 fully saturated rings. The average Bonchev–Trinajstić information content (AvgIpc) is 3.19. The number of ketones is 1. The number of hydrogen-bond donors (Lipinski definition) is 2. The molecule has 1 heterocycles. The predicted molar refractivity (Wildman–Crippen MR) is 144 cm³/mol. The van der Waals surface area contributed by atoms with Gasteiger partial charge in [-0.05, 0) is 84.8 Å². The minimum absolute atomic E-state index is 0.0408. The highest BCUT2D eigenvalue weighted by atomic mass is 16.5. The van der Waals surface area contributed by atoms with Crippen LogP contribution in [0.25, 0.3) is 5.76 Å². The number of hydrogen-bond acceptors (Lipinski definition) is 6. The standard InChI is InChI=1S/C31H25NO6/c1-19-18-25(37-2)16-17-26(19)29(34)27-28(20-8-12-22(33)13-9-20)32(31(36)30(27)35)21-10-14-24(15-11-21)38-23-6-4-3-5-7-23/h3-18,28,33-34H,1-2H3/b29-27-. The van der Waals surface area contributed by atoms with Crippen molar-refractivity contribution in [3.63, 3.8) is 0 Å². The van der Waals surface area contributed by atoms with Gasteiger partial charge in [-0.15, -0.1) is 0 Å². The van der Waals surface area contributed by atoms with E-state index in [0.717, 1.165) is 0 Å². The zero-order chi connectivity index (χ0) is 26.8. The average molecular weight is 508 g/mol. The molecule has 7 nitrogen and oxygen atoms in total. The number of aromatic hydroxyl groups is 1. The van der Waals surface area contributed by atoms with Gasteiger partial charge in [0.1, 0.15) is 28.8 Å². The number of phenolic OH excluding ortho intramolecular Hbond substituents is 1. The number of carbonyl (C=O) groups excluding carboxylic acids is 2. The van der Waals surface area contributed by atoms with E-state index in [1.54, 1.807) is 68.6 Å². The fraction of sp³-hybridized carbons (Fsp3) is 0.0968. The van der Waals surface area contributed by atoms with E-state index in [4.69, 9.17) is 9.47 Å². The maximum atomic E-state index is 13.4. The second kappa shape index (κ2) is 10.1. The van der Waals surface area contributed by atoms with E-state index < -0.39 is 17.7 Å². The maximum absolute atomic E-state index is 13.4. The largest absolute Gasteiger partial charge is 0.508 e. The number of aliphatic hydroxyl groups is 1. The van der Waals surface area contributed by atoms with Crippen molar-refractivity contribution in [1.82, 2.24) is 0 Å². The molecule has 0 aromatic heterocycles. The van der Waals surface area contributed by atoms with Crippen LogP contribution in [-0.4, -0.2) is 29.0 Å². The number of carbonyl (C=O) groups is 2. The SMILES string of the molecule is COc1ccc(/C(O)=C2/C(=O)C(=O)N(c3ccc(Oc4ccccc4)cc3)C2c2ccc(O)cc2)c(C)c1. The topological polar surface area (TPSA) is 96.3 Å². The lowest BCUT2D eigenvalue weighted by molar-refractivity contribution is -0.132. The molecule has 1 unspecified atom stereocenters. The maximum Gasteiger partial charge on any atom is 0.300 e. The van der Waals surface area contributed by atoms with Gasteiger partial charge in [-0.2, -0.15) is 0 Å². The van der Waals surface area contributed by atoms with Gasteiger partial charge in [-0.1, -0.05) is 30.3 Å². The van der Waals surface area contributed by atoms with E-state index in [1.165, 1.54) is 17.0 Å². The summed E-state index contributed by atoms with van der Waals surface area (Å²) in [5, 5.41) is 21.2. The summed E-state index contributed by atoms with van der Waals surface area (Å²) in [6, 6.07) is 26.5. The van der Waals surface area contributed by atoms with Gasteiger partial charge in [-0.3, -0.25) is 14.5 Å². The summed E-state index contributed by atoms with van der Waals surface area (Å²) in [6.07, 6.45) is 0. The molecule has 0 radical (unpaired) electrons. The zero-order valence-corrected chi connectivity index (χ0v) is 20.8. The number of amides is 1.